The van der Waals surface area contributed by atoms with E-state index in [2.05, 4.69) is 31.3 Å². The third-order valence-electron chi connectivity index (χ3n) is 3.72. The summed E-state index contributed by atoms with van der Waals surface area (Å²) in [5.74, 6) is 0.830. The zero-order valence-corrected chi connectivity index (χ0v) is 12.4. The van der Waals surface area contributed by atoms with Gasteiger partial charge in [-0.05, 0) is 23.8 Å². The van der Waals surface area contributed by atoms with E-state index < -0.39 is 0 Å². The molecule has 4 aromatic rings. The maximum absolute atomic E-state index is 5.16. The fourth-order valence-corrected chi connectivity index (χ4v) is 2.54. The van der Waals surface area contributed by atoms with Gasteiger partial charge < -0.3 is 14.7 Å². The van der Waals surface area contributed by atoms with Crippen LogP contribution >= 0.6 is 0 Å². The Morgan fingerprint density at radius 3 is 2.91 bits per heavy atom. The van der Waals surface area contributed by atoms with Crippen LogP contribution in [0.5, 0.6) is 0 Å². The number of H-pyrrole nitrogens is 1. The maximum Gasteiger partial charge on any atom is 0.137 e. The van der Waals surface area contributed by atoms with Crippen molar-refractivity contribution in [3.05, 3.63) is 61.3 Å². The van der Waals surface area contributed by atoms with Crippen LogP contribution in [0.15, 0.2) is 60.1 Å². The molecule has 0 fully saturated rings. The van der Waals surface area contributed by atoms with Gasteiger partial charge in [-0.1, -0.05) is 6.07 Å². The second kappa shape index (κ2) is 5.92. The van der Waals surface area contributed by atoms with E-state index in [0.717, 1.165) is 46.5 Å². The van der Waals surface area contributed by atoms with Gasteiger partial charge in [0.25, 0.3) is 0 Å². The van der Waals surface area contributed by atoms with Crippen LogP contribution in [0.1, 0.15) is 5.69 Å². The van der Waals surface area contributed by atoms with E-state index in [-0.39, 0.29) is 0 Å². The molecule has 2 N–H and O–H groups in total. The first-order valence-corrected chi connectivity index (χ1v) is 7.39. The molecule has 1 aromatic carbocycles. The van der Waals surface area contributed by atoms with Gasteiger partial charge in [0.1, 0.15) is 12.1 Å². The second-order valence-electron chi connectivity index (χ2n) is 5.20. The summed E-state index contributed by atoms with van der Waals surface area (Å²) in [4.78, 5) is 15.9. The Kier molecular flexibility index (Phi) is 3.48. The highest BCUT2D eigenvalue weighted by atomic mass is 16.3. The molecule has 114 valence electrons. The standard InChI is InChI=1S/C17H15N5O/c1-2-16-15(7-12(1)13-4-6-23-9-13)17(22-11-21-16)19-5-3-14-8-18-10-20-14/h1-2,4,6-11H,3,5H2,(H,18,20)(H,19,21,22). The highest BCUT2D eigenvalue weighted by molar-refractivity contribution is 5.92. The lowest BCUT2D eigenvalue weighted by atomic mass is 10.1. The molecule has 3 heterocycles. The zero-order valence-electron chi connectivity index (χ0n) is 12.4. The molecule has 23 heavy (non-hydrogen) atoms. The number of benzene rings is 1. The molecule has 0 aliphatic rings. The third-order valence-corrected chi connectivity index (χ3v) is 3.72. The van der Waals surface area contributed by atoms with Crippen molar-refractivity contribution in [3.63, 3.8) is 0 Å². The summed E-state index contributed by atoms with van der Waals surface area (Å²) in [5.41, 5.74) is 4.05. The van der Waals surface area contributed by atoms with E-state index in [1.165, 1.54) is 0 Å². The number of furan rings is 1. The minimum Gasteiger partial charge on any atom is -0.472 e. The van der Waals surface area contributed by atoms with E-state index in [1.807, 2.05) is 24.4 Å². The lowest BCUT2D eigenvalue weighted by Crippen LogP contribution is -2.07. The summed E-state index contributed by atoms with van der Waals surface area (Å²) >= 11 is 0. The molecular weight excluding hydrogens is 290 g/mol. The van der Waals surface area contributed by atoms with Gasteiger partial charge in [-0.25, -0.2) is 15.0 Å². The number of hydrogen-bond acceptors (Lipinski definition) is 5. The lowest BCUT2D eigenvalue weighted by molar-refractivity contribution is 0.568. The van der Waals surface area contributed by atoms with Crippen LogP contribution in [0.2, 0.25) is 0 Å². The van der Waals surface area contributed by atoms with Crippen LogP contribution in [0.4, 0.5) is 5.82 Å². The molecule has 6 heteroatoms. The van der Waals surface area contributed by atoms with Crippen molar-refractivity contribution >= 4 is 16.7 Å². The molecule has 4 rings (SSSR count). The van der Waals surface area contributed by atoms with Crippen LogP contribution < -0.4 is 5.32 Å². The molecule has 0 amide bonds. The quantitative estimate of drug-likeness (QED) is 0.591. The minimum atomic E-state index is 0.757. The van der Waals surface area contributed by atoms with Crippen LogP contribution in [0.25, 0.3) is 22.0 Å². The van der Waals surface area contributed by atoms with Crippen LogP contribution in [0.3, 0.4) is 0 Å². The summed E-state index contributed by atoms with van der Waals surface area (Å²) in [6, 6.07) is 8.05. The van der Waals surface area contributed by atoms with Crippen LogP contribution in [-0.2, 0) is 6.42 Å². The molecule has 0 aliphatic heterocycles. The summed E-state index contributed by atoms with van der Waals surface area (Å²) in [7, 11) is 0. The van der Waals surface area contributed by atoms with Gasteiger partial charge in [-0.3, -0.25) is 0 Å². The van der Waals surface area contributed by atoms with Crippen LogP contribution in [-0.4, -0.2) is 26.5 Å². The molecule has 3 aromatic heterocycles. The van der Waals surface area contributed by atoms with Gasteiger partial charge in [0.15, 0.2) is 0 Å². The largest absolute Gasteiger partial charge is 0.472 e. The van der Waals surface area contributed by atoms with Crippen molar-refractivity contribution in [1.29, 1.82) is 0 Å². The van der Waals surface area contributed by atoms with Gasteiger partial charge in [-0.15, -0.1) is 0 Å². The average molecular weight is 305 g/mol. The van der Waals surface area contributed by atoms with Crippen molar-refractivity contribution in [2.24, 2.45) is 0 Å². The Labute approximate surface area is 132 Å². The molecule has 0 bridgehead atoms. The Bertz CT molecular complexity index is 900. The van der Waals surface area contributed by atoms with E-state index in [1.54, 1.807) is 25.2 Å². The molecule has 6 nitrogen and oxygen atoms in total. The molecule has 0 aliphatic carbocycles. The molecular formula is C17H15N5O. The number of fused-ring (bicyclic) bond motifs is 1. The number of nitrogens with zero attached hydrogens (tertiary/aromatic N) is 3. The monoisotopic (exact) mass is 305 g/mol. The second-order valence-corrected chi connectivity index (χ2v) is 5.20. The Morgan fingerprint density at radius 1 is 1.09 bits per heavy atom. The van der Waals surface area contributed by atoms with Crippen molar-refractivity contribution in [2.45, 2.75) is 6.42 Å². The van der Waals surface area contributed by atoms with Crippen molar-refractivity contribution < 1.29 is 4.42 Å². The SMILES string of the molecule is c1nc(NCCc2c[nH]cn2)c2cc(-c3ccoc3)ccc2n1. The smallest absolute Gasteiger partial charge is 0.137 e. The van der Waals surface area contributed by atoms with E-state index >= 15 is 0 Å². The summed E-state index contributed by atoms with van der Waals surface area (Å²) < 4.78 is 5.16. The fourth-order valence-electron chi connectivity index (χ4n) is 2.54. The number of nitrogens with one attached hydrogen (secondary N) is 2. The van der Waals surface area contributed by atoms with Crippen LogP contribution in [0, 0.1) is 0 Å². The van der Waals surface area contributed by atoms with E-state index in [9.17, 15) is 0 Å². The van der Waals surface area contributed by atoms with E-state index in [0.29, 0.717) is 0 Å². The summed E-state index contributed by atoms with van der Waals surface area (Å²) in [6.45, 7) is 0.757. The van der Waals surface area contributed by atoms with Gasteiger partial charge in [0, 0.05) is 30.1 Å². The highest BCUT2D eigenvalue weighted by Crippen LogP contribution is 2.27. The number of aromatic nitrogens is 4. The number of imidazole rings is 1. The van der Waals surface area contributed by atoms with Gasteiger partial charge in [-0.2, -0.15) is 0 Å². The lowest BCUT2D eigenvalue weighted by Gasteiger charge is -2.08. The predicted octanol–water partition coefficient (Wildman–Crippen LogP) is 3.27. The molecule has 0 unspecified atom stereocenters. The van der Waals surface area contributed by atoms with Gasteiger partial charge >= 0.3 is 0 Å². The van der Waals surface area contributed by atoms with Gasteiger partial charge in [0.05, 0.1) is 30.1 Å². The van der Waals surface area contributed by atoms with Crippen molar-refractivity contribution in [2.75, 3.05) is 11.9 Å². The number of aromatic amines is 1. The topological polar surface area (TPSA) is 79.6 Å². The average Bonchev–Trinajstić information content (AvgIpc) is 3.28. The molecule has 0 saturated carbocycles. The van der Waals surface area contributed by atoms with Crippen molar-refractivity contribution in [3.8, 4) is 11.1 Å². The summed E-state index contributed by atoms with van der Waals surface area (Å²) in [5, 5.41) is 4.36. The molecule has 0 spiro atoms. The molecule has 0 atom stereocenters. The zero-order chi connectivity index (χ0) is 15.5. The third kappa shape index (κ3) is 2.78. The number of rotatable bonds is 5. The Balaban J connectivity index is 1.61. The Morgan fingerprint density at radius 2 is 2.09 bits per heavy atom. The first-order valence-electron chi connectivity index (χ1n) is 7.39. The normalized spacial score (nSPS) is 11.0. The fraction of sp³-hybridized carbons (Fsp3) is 0.118. The Hall–Kier alpha value is -3.15. The number of anilines is 1. The molecule has 0 saturated heterocycles. The predicted molar refractivity (Wildman–Crippen MR) is 88.0 cm³/mol. The number of hydrogen-bond donors (Lipinski definition) is 2. The minimum absolute atomic E-state index is 0.757. The highest BCUT2D eigenvalue weighted by Gasteiger charge is 2.07. The molecule has 0 radical (unpaired) electrons. The van der Waals surface area contributed by atoms with Gasteiger partial charge in [0.2, 0.25) is 0 Å². The van der Waals surface area contributed by atoms with E-state index in [4.69, 9.17) is 4.42 Å². The first kappa shape index (κ1) is 13.5. The van der Waals surface area contributed by atoms with Crippen molar-refractivity contribution in [1.82, 2.24) is 19.9 Å². The summed E-state index contributed by atoms with van der Waals surface area (Å²) in [6.07, 6.45) is 9.40. The maximum atomic E-state index is 5.16. The first-order chi connectivity index (χ1) is 11.4.